The SMILES string of the molecule is Cc1cc(N)c(=O)n(-c2cccnc2)c1. The van der Waals surface area contributed by atoms with Crippen molar-refractivity contribution >= 4 is 5.69 Å². The molecule has 0 radical (unpaired) electrons. The average molecular weight is 201 g/mol. The second-order valence-corrected chi connectivity index (χ2v) is 3.36. The lowest BCUT2D eigenvalue weighted by Crippen LogP contribution is -2.21. The van der Waals surface area contributed by atoms with Crippen molar-refractivity contribution in [2.45, 2.75) is 6.92 Å². The number of nitrogen functional groups attached to an aromatic ring is 1. The van der Waals surface area contributed by atoms with Gasteiger partial charge < -0.3 is 5.73 Å². The van der Waals surface area contributed by atoms with Crippen LogP contribution in [0.25, 0.3) is 5.69 Å². The third kappa shape index (κ3) is 1.74. The molecular weight excluding hydrogens is 190 g/mol. The van der Waals surface area contributed by atoms with E-state index in [9.17, 15) is 4.79 Å². The molecule has 2 N–H and O–H groups in total. The van der Waals surface area contributed by atoms with Gasteiger partial charge in [0.25, 0.3) is 5.56 Å². The average Bonchev–Trinajstić information content (AvgIpc) is 2.24. The first-order valence-corrected chi connectivity index (χ1v) is 4.57. The zero-order valence-corrected chi connectivity index (χ0v) is 8.34. The molecule has 0 aliphatic heterocycles. The summed E-state index contributed by atoms with van der Waals surface area (Å²) in [6.45, 7) is 1.89. The van der Waals surface area contributed by atoms with Crippen molar-refractivity contribution in [1.82, 2.24) is 9.55 Å². The molecule has 0 saturated carbocycles. The molecule has 2 aromatic rings. The maximum Gasteiger partial charge on any atom is 0.278 e. The highest BCUT2D eigenvalue weighted by Crippen LogP contribution is 2.06. The summed E-state index contributed by atoms with van der Waals surface area (Å²) in [6, 6.07) is 5.25. The van der Waals surface area contributed by atoms with Crippen LogP contribution in [0.2, 0.25) is 0 Å². The lowest BCUT2D eigenvalue weighted by molar-refractivity contribution is 0.970. The predicted molar refractivity (Wildman–Crippen MR) is 59.0 cm³/mol. The van der Waals surface area contributed by atoms with E-state index < -0.39 is 0 Å². The van der Waals surface area contributed by atoms with Crippen LogP contribution in [0.15, 0.2) is 41.6 Å². The Morgan fingerprint density at radius 3 is 2.93 bits per heavy atom. The predicted octanol–water partition coefficient (Wildman–Crippen LogP) is 1.12. The van der Waals surface area contributed by atoms with E-state index in [1.807, 2.05) is 13.0 Å². The van der Waals surface area contributed by atoms with Crippen LogP contribution in [0.4, 0.5) is 5.69 Å². The minimum Gasteiger partial charge on any atom is -0.394 e. The molecule has 0 amide bonds. The van der Waals surface area contributed by atoms with Gasteiger partial charge in [0.05, 0.1) is 17.6 Å². The Morgan fingerprint density at radius 1 is 1.47 bits per heavy atom. The molecule has 0 spiro atoms. The van der Waals surface area contributed by atoms with E-state index in [2.05, 4.69) is 4.98 Å². The maximum atomic E-state index is 11.7. The first kappa shape index (κ1) is 9.45. The lowest BCUT2D eigenvalue weighted by Gasteiger charge is -2.07. The number of nitrogens with zero attached hydrogens (tertiary/aromatic N) is 2. The lowest BCUT2D eigenvalue weighted by atomic mass is 10.3. The largest absolute Gasteiger partial charge is 0.394 e. The second kappa shape index (κ2) is 3.57. The van der Waals surface area contributed by atoms with E-state index in [0.717, 1.165) is 11.3 Å². The highest BCUT2D eigenvalue weighted by atomic mass is 16.1. The number of aryl methyl sites for hydroxylation is 1. The fourth-order valence-corrected chi connectivity index (χ4v) is 1.43. The van der Waals surface area contributed by atoms with E-state index in [1.165, 1.54) is 4.57 Å². The summed E-state index contributed by atoms with van der Waals surface area (Å²) in [5, 5.41) is 0. The maximum absolute atomic E-state index is 11.7. The number of rotatable bonds is 1. The van der Waals surface area contributed by atoms with E-state index in [-0.39, 0.29) is 11.2 Å². The van der Waals surface area contributed by atoms with E-state index in [4.69, 9.17) is 5.73 Å². The van der Waals surface area contributed by atoms with Gasteiger partial charge in [-0.3, -0.25) is 14.3 Å². The van der Waals surface area contributed by atoms with Crippen LogP contribution < -0.4 is 11.3 Å². The van der Waals surface area contributed by atoms with E-state index in [0.29, 0.717) is 0 Å². The molecule has 2 heterocycles. The molecule has 0 aliphatic rings. The standard InChI is InChI=1S/C11H11N3O/c1-8-5-10(12)11(15)14(7-8)9-3-2-4-13-6-9/h2-7H,12H2,1H3. The molecule has 76 valence electrons. The third-order valence-corrected chi connectivity index (χ3v) is 2.11. The van der Waals surface area contributed by atoms with Gasteiger partial charge in [0, 0.05) is 12.4 Å². The van der Waals surface area contributed by atoms with Gasteiger partial charge in [0.15, 0.2) is 0 Å². The summed E-state index contributed by atoms with van der Waals surface area (Å²) in [4.78, 5) is 15.7. The van der Waals surface area contributed by atoms with Crippen molar-refractivity contribution < 1.29 is 0 Å². The van der Waals surface area contributed by atoms with Crippen LogP contribution in [-0.4, -0.2) is 9.55 Å². The Kier molecular flexibility index (Phi) is 2.25. The highest BCUT2D eigenvalue weighted by molar-refractivity contribution is 5.41. The zero-order chi connectivity index (χ0) is 10.8. The highest BCUT2D eigenvalue weighted by Gasteiger charge is 2.03. The summed E-state index contributed by atoms with van der Waals surface area (Å²) in [7, 11) is 0. The van der Waals surface area contributed by atoms with Crippen molar-refractivity contribution in [3.8, 4) is 5.69 Å². The fourth-order valence-electron chi connectivity index (χ4n) is 1.43. The number of nitrogens with two attached hydrogens (primary N) is 1. The first-order valence-electron chi connectivity index (χ1n) is 4.57. The monoisotopic (exact) mass is 201 g/mol. The van der Waals surface area contributed by atoms with Gasteiger partial charge in [-0.2, -0.15) is 0 Å². The number of hydrogen-bond acceptors (Lipinski definition) is 3. The van der Waals surface area contributed by atoms with Gasteiger partial charge in [-0.05, 0) is 30.7 Å². The van der Waals surface area contributed by atoms with E-state index >= 15 is 0 Å². The quantitative estimate of drug-likeness (QED) is 0.752. The van der Waals surface area contributed by atoms with Crippen LogP contribution >= 0.6 is 0 Å². The van der Waals surface area contributed by atoms with Gasteiger partial charge in [0.1, 0.15) is 0 Å². The number of anilines is 1. The smallest absolute Gasteiger partial charge is 0.278 e. The van der Waals surface area contributed by atoms with Crippen LogP contribution in [-0.2, 0) is 0 Å². The topological polar surface area (TPSA) is 60.9 Å². The van der Waals surface area contributed by atoms with Crippen molar-refractivity contribution in [3.63, 3.8) is 0 Å². The molecule has 4 heteroatoms. The van der Waals surface area contributed by atoms with Gasteiger partial charge >= 0.3 is 0 Å². The second-order valence-electron chi connectivity index (χ2n) is 3.36. The summed E-state index contributed by atoms with van der Waals surface area (Å²) in [6.07, 6.45) is 5.03. The van der Waals surface area contributed by atoms with Crippen molar-refractivity contribution in [3.05, 3.63) is 52.7 Å². The Hall–Kier alpha value is -2.10. The van der Waals surface area contributed by atoms with Crippen molar-refractivity contribution in [2.24, 2.45) is 0 Å². The Balaban J connectivity index is 2.69. The van der Waals surface area contributed by atoms with Crippen LogP contribution in [0, 0.1) is 6.92 Å². The first-order chi connectivity index (χ1) is 7.18. The van der Waals surface area contributed by atoms with Crippen molar-refractivity contribution in [2.75, 3.05) is 5.73 Å². The number of aromatic nitrogens is 2. The van der Waals surface area contributed by atoms with Gasteiger partial charge in [-0.25, -0.2) is 0 Å². The summed E-state index contributed by atoms with van der Waals surface area (Å²) < 4.78 is 1.50. The fraction of sp³-hybridized carbons (Fsp3) is 0.0909. The molecule has 0 unspecified atom stereocenters. The van der Waals surface area contributed by atoms with Crippen LogP contribution in [0.5, 0.6) is 0 Å². The molecule has 0 atom stereocenters. The Labute approximate surface area is 87.0 Å². The summed E-state index contributed by atoms with van der Waals surface area (Å²) >= 11 is 0. The molecule has 0 fully saturated rings. The van der Waals surface area contributed by atoms with Crippen LogP contribution in [0.1, 0.15) is 5.56 Å². The minimum absolute atomic E-state index is 0.214. The Bertz CT molecular complexity index is 531. The minimum atomic E-state index is -0.214. The molecule has 0 aromatic carbocycles. The molecule has 0 bridgehead atoms. The van der Waals surface area contributed by atoms with Gasteiger partial charge in [0.2, 0.25) is 0 Å². The Morgan fingerprint density at radius 2 is 2.27 bits per heavy atom. The zero-order valence-electron chi connectivity index (χ0n) is 8.34. The molecule has 0 saturated heterocycles. The van der Waals surface area contributed by atoms with E-state index in [1.54, 1.807) is 30.7 Å². The third-order valence-electron chi connectivity index (χ3n) is 2.11. The summed E-state index contributed by atoms with van der Waals surface area (Å²) in [5.74, 6) is 0. The van der Waals surface area contributed by atoms with Crippen molar-refractivity contribution in [1.29, 1.82) is 0 Å². The number of pyridine rings is 2. The molecule has 4 nitrogen and oxygen atoms in total. The normalized spacial score (nSPS) is 10.2. The molecule has 2 aromatic heterocycles. The molecule has 15 heavy (non-hydrogen) atoms. The summed E-state index contributed by atoms with van der Waals surface area (Å²) in [5.41, 5.74) is 7.30. The molecular formula is C11H11N3O. The van der Waals surface area contributed by atoms with Gasteiger partial charge in [-0.1, -0.05) is 0 Å². The van der Waals surface area contributed by atoms with Crippen LogP contribution in [0.3, 0.4) is 0 Å². The molecule has 2 rings (SSSR count). The molecule has 0 aliphatic carbocycles. The van der Waals surface area contributed by atoms with Gasteiger partial charge in [-0.15, -0.1) is 0 Å². The number of hydrogen-bond donors (Lipinski definition) is 1.